The number of carboxylic acid groups (broad SMARTS) is 1. The number of hydrogen-bond acceptors (Lipinski definition) is 17. The van der Waals surface area contributed by atoms with Crippen molar-refractivity contribution in [3.8, 4) is 11.4 Å². The fraction of sp³-hybridized carbons (Fsp3) is 0.300. The molecule has 2 aliphatic heterocycles. The number of imidazole rings is 2. The molecule has 0 radical (unpaired) electrons. The number of carbonyl (C=O) groups excluding carboxylic acids is 4. The third kappa shape index (κ3) is 17.6. The summed E-state index contributed by atoms with van der Waals surface area (Å²) in [6.07, 6.45) is 6.18. The highest BCUT2D eigenvalue weighted by Gasteiger charge is 2.31. The molecule has 0 unspecified atom stereocenters. The van der Waals surface area contributed by atoms with Gasteiger partial charge >= 0.3 is 29.7 Å². The minimum absolute atomic E-state index is 0.0132. The molecular weight excluding hydrogens is 1330 g/mol. The number of aliphatic carboxylic acids is 1. The topological polar surface area (TPSA) is 247 Å². The fourth-order valence-corrected chi connectivity index (χ4v) is 8.98. The van der Waals surface area contributed by atoms with E-state index in [4.69, 9.17) is 42.7 Å². The first-order valence-corrected chi connectivity index (χ1v) is 27.5. The second-order valence-electron chi connectivity index (χ2n) is 15.5. The minimum atomic E-state index is -0.888. The number of aliphatic imine (C=N–C) groups is 2. The number of esters is 1. The number of aromatic nitrogens is 6. The lowest BCUT2D eigenvalue weighted by molar-refractivity contribution is -0.153. The van der Waals surface area contributed by atoms with Crippen LogP contribution in [0.1, 0.15) is 97.2 Å². The van der Waals surface area contributed by atoms with E-state index in [-0.39, 0.29) is 37.6 Å². The maximum Gasteiger partial charge on any atom is 0.511 e. The molecule has 408 valence electrons. The molecule has 77 heavy (non-hydrogen) atoms. The van der Waals surface area contributed by atoms with Gasteiger partial charge in [0, 0.05) is 89.6 Å². The summed E-state index contributed by atoms with van der Waals surface area (Å²) in [7, 11) is 0. The highest BCUT2D eigenvalue weighted by Crippen LogP contribution is 2.39. The van der Waals surface area contributed by atoms with Crippen LogP contribution in [-0.4, -0.2) is 107 Å². The largest absolute Gasteiger partial charge is 0.511 e. The number of halogens is 7. The molecular formula is C50H47Br4Cl3N8O12. The van der Waals surface area contributed by atoms with E-state index in [0.717, 1.165) is 69.0 Å². The summed E-state index contributed by atoms with van der Waals surface area (Å²) in [5.41, 5.74) is 7.53. The Balaban J connectivity index is 0.000000231. The molecule has 0 amide bonds. The van der Waals surface area contributed by atoms with Crippen LogP contribution in [0.5, 0.6) is 0 Å². The van der Waals surface area contributed by atoms with Gasteiger partial charge in [-0.2, -0.15) is 0 Å². The summed E-state index contributed by atoms with van der Waals surface area (Å²) in [6.45, 7) is 7.28. The van der Waals surface area contributed by atoms with E-state index >= 15 is 0 Å². The first-order valence-electron chi connectivity index (χ1n) is 22.9. The zero-order chi connectivity index (χ0) is 56.2. The number of fused-ring (bicyclic) bond motifs is 6. The van der Waals surface area contributed by atoms with Gasteiger partial charge in [-0.1, -0.05) is 35.3 Å². The molecule has 6 heterocycles. The molecule has 2 atom stereocenters. The Morgan fingerprint density at radius 3 is 1.43 bits per heavy atom. The van der Waals surface area contributed by atoms with E-state index in [1.165, 1.54) is 0 Å². The molecule has 4 aromatic heterocycles. The van der Waals surface area contributed by atoms with Gasteiger partial charge in [-0.25, -0.2) is 24.4 Å². The van der Waals surface area contributed by atoms with E-state index in [0.29, 0.717) is 36.7 Å². The van der Waals surface area contributed by atoms with Crippen LogP contribution < -0.4 is 0 Å². The standard InChI is InChI=1S/C24H22Br2N4O5.C20H16Br2N4O2.C4H7ClO3.C2H2Cl2O2/c1-3-33-24(32)35-13-34-21(31)8-7-19-23-28-12-14(2)30(23)20-11-17(26)16(25)10-15(20)22(29-19)18-6-4-5-9-27-18;1-11-10-24-20-16(5-6-18(27)28)25-19(15-4-2-3-7-23-15)12-8-13(21)14(22)9-17(12)26(11)20;1-2-7-4(6)8-3-5;3-1-6-2(4)5/h4-6,9-12,19H,3,7-8,13H2,1-2H3;2-4,7-10,16H,5-6H2,1H3,(H,27,28);2-3H2,1H3;1H2/t19-;16-;;/m00../s1. The lowest BCUT2D eigenvalue weighted by Gasteiger charge is -2.15. The quantitative estimate of drug-likeness (QED) is 0.0350. The van der Waals surface area contributed by atoms with Crippen molar-refractivity contribution in [2.75, 3.05) is 32.1 Å². The van der Waals surface area contributed by atoms with E-state index < -0.39 is 42.5 Å². The number of ether oxygens (including phenoxy) is 6. The molecule has 0 saturated carbocycles. The minimum Gasteiger partial charge on any atom is -0.481 e. The van der Waals surface area contributed by atoms with Crippen molar-refractivity contribution in [3.63, 3.8) is 0 Å². The predicted molar refractivity (Wildman–Crippen MR) is 300 cm³/mol. The number of nitrogens with zero attached hydrogens (tertiary/aromatic N) is 8. The SMILES string of the molecule is CCOC(=O)OCCl.CCOC(=O)OCOC(=O)CC[C@@H]1N=C(c2ccccn2)c2cc(Br)c(Br)cc2-n2c(C)cnc21.Cc1cnc2n1-c1cc(Br)c(Br)cc1C(c1ccccn1)=N[C@H]2CCC(=O)O.O=C(Cl)OCCl. The molecule has 0 spiro atoms. The molecule has 0 fully saturated rings. The number of hydrogen-bond donors (Lipinski definition) is 1. The summed E-state index contributed by atoms with van der Waals surface area (Å²) in [5.74, 6) is 0.0715. The van der Waals surface area contributed by atoms with Crippen LogP contribution in [0.15, 0.2) is 113 Å². The van der Waals surface area contributed by atoms with Crippen molar-refractivity contribution in [2.45, 2.75) is 65.5 Å². The van der Waals surface area contributed by atoms with Crippen LogP contribution >= 0.6 is 98.5 Å². The number of carboxylic acids is 1. The summed E-state index contributed by atoms with van der Waals surface area (Å²) in [5, 5.41) is 9.20. The summed E-state index contributed by atoms with van der Waals surface area (Å²) < 4.78 is 34.5. The summed E-state index contributed by atoms with van der Waals surface area (Å²) in [6, 6.07) is 18.2. The van der Waals surface area contributed by atoms with Crippen LogP contribution in [0.25, 0.3) is 11.4 Å². The molecule has 2 aliphatic rings. The maximum absolute atomic E-state index is 12.3. The number of aryl methyl sites for hydroxylation is 2. The highest BCUT2D eigenvalue weighted by molar-refractivity contribution is 9.13. The van der Waals surface area contributed by atoms with Crippen LogP contribution in [0.2, 0.25) is 0 Å². The Hall–Kier alpha value is -5.76. The third-order valence-corrected chi connectivity index (χ3v) is 14.5. The molecule has 20 nitrogen and oxygen atoms in total. The lowest BCUT2D eigenvalue weighted by Crippen LogP contribution is -2.15. The van der Waals surface area contributed by atoms with Gasteiger partial charge in [0.2, 0.25) is 6.79 Å². The molecule has 6 aromatic rings. The van der Waals surface area contributed by atoms with Crippen molar-refractivity contribution in [3.05, 3.63) is 149 Å². The number of alkyl halides is 2. The average Bonchev–Trinajstić information content (AvgIpc) is 3.95. The number of rotatable bonds is 14. The Bertz CT molecular complexity index is 3090. The van der Waals surface area contributed by atoms with E-state index in [2.05, 4.69) is 119 Å². The smallest absolute Gasteiger partial charge is 0.481 e. The summed E-state index contributed by atoms with van der Waals surface area (Å²) >= 11 is 28.9. The second kappa shape index (κ2) is 31.0. The van der Waals surface area contributed by atoms with Crippen molar-refractivity contribution in [1.82, 2.24) is 29.1 Å². The molecule has 8 rings (SSSR count). The Morgan fingerprint density at radius 2 is 1.04 bits per heavy atom. The Kier molecular flexibility index (Phi) is 25.0. The third-order valence-electron chi connectivity index (χ3n) is 10.5. The van der Waals surface area contributed by atoms with Gasteiger partial charge < -0.3 is 33.5 Å². The number of pyridine rings is 2. The Labute approximate surface area is 490 Å². The number of carbonyl (C=O) groups is 5. The molecule has 0 aliphatic carbocycles. The van der Waals surface area contributed by atoms with Gasteiger partial charge in [0.15, 0.2) is 12.1 Å². The van der Waals surface area contributed by atoms with Crippen LogP contribution in [0, 0.1) is 13.8 Å². The monoisotopic (exact) mass is 1370 g/mol. The molecule has 0 saturated heterocycles. The maximum atomic E-state index is 12.3. The first-order chi connectivity index (χ1) is 36.9. The van der Waals surface area contributed by atoms with Gasteiger partial charge in [-0.3, -0.25) is 38.7 Å². The van der Waals surface area contributed by atoms with Crippen molar-refractivity contribution in [1.29, 1.82) is 0 Å². The van der Waals surface area contributed by atoms with Gasteiger partial charge in [0.25, 0.3) is 0 Å². The van der Waals surface area contributed by atoms with Crippen molar-refractivity contribution in [2.24, 2.45) is 9.98 Å². The Morgan fingerprint density at radius 1 is 0.597 bits per heavy atom. The van der Waals surface area contributed by atoms with Gasteiger partial charge in [-0.05, 0) is 153 Å². The predicted octanol–water partition coefficient (Wildman–Crippen LogP) is 13.2. The average molecular weight is 1380 g/mol. The molecule has 2 aromatic carbocycles. The van der Waals surface area contributed by atoms with Crippen molar-refractivity contribution < 1.29 is 57.5 Å². The fourth-order valence-electron chi connectivity index (χ4n) is 7.33. The normalized spacial score (nSPS) is 13.5. The molecule has 1 N–H and O–H groups in total. The second-order valence-corrected chi connectivity index (χ2v) is 19.7. The zero-order valence-corrected chi connectivity index (χ0v) is 49.9. The lowest BCUT2D eigenvalue weighted by atomic mass is 10.0. The van der Waals surface area contributed by atoms with Crippen LogP contribution in [0.3, 0.4) is 0 Å². The van der Waals surface area contributed by atoms with Gasteiger partial charge in [0.05, 0.1) is 47.4 Å². The van der Waals surface area contributed by atoms with Crippen molar-refractivity contribution >= 4 is 140 Å². The van der Waals surface area contributed by atoms with E-state index in [1.54, 1.807) is 38.6 Å². The summed E-state index contributed by atoms with van der Waals surface area (Å²) in [4.78, 5) is 82.6. The zero-order valence-electron chi connectivity index (χ0n) is 41.3. The van der Waals surface area contributed by atoms with Gasteiger partial charge in [0.1, 0.15) is 23.7 Å². The molecule has 27 heteroatoms. The van der Waals surface area contributed by atoms with Crippen LogP contribution in [-0.2, 0) is 38.0 Å². The first kappa shape index (κ1) is 62.1. The van der Waals surface area contributed by atoms with Crippen LogP contribution in [0.4, 0.5) is 14.4 Å². The van der Waals surface area contributed by atoms with Gasteiger partial charge in [-0.15, -0.1) is 0 Å². The highest BCUT2D eigenvalue weighted by atomic mass is 79.9. The number of benzene rings is 2. The van der Waals surface area contributed by atoms with E-state index in [1.807, 2.05) is 79.1 Å². The van der Waals surface area contributed by atoms with E-state index in [9.17, 15) is 29.1 Å². The molecule has 0 bridgehead atoms.